The van der Waals surface area contributed by atoms with Crippen molar-refractivity contribution in [3.8, 4) is 0 Å². The molecule has 0 saturated heterocycles. The van der Waals surface area contributed by atoms with Crippen LogP contribution in [0.15, 0.2) is 0 Å². The summed E-state index contributed by atoms with van der Waals surface area (Å²) in [5.41, 5.74) is -0.743. The van der Waals surface area contributed by atoms with Crippen molar-refractivity contribution in [3.63, 3.8) is 0 Å². The van der Waals surface area contributed by atoms with Gasteiger partial charge >= 0.3 is 0 Å². The van der Waals surface area contributed by atoms with E-state index in [1.54, 1.807) is 0 Å². The third kappa shape index (κ3) is 3.51. The Morgan fingerprint density at radius 1 is 1.27 bits per heavy atom. The van der Waals surface area contributed by atoms with E-state index in [0.29, 0.717) is 25.7 Å². The third-order valence-electron chi connectivity index (χ3n) is 2.24. The number of carbonyl (C=O) groups is 1. The number of hydrogen-bond donors (Lipinski definition) is 1. The van der Waals surface area contributed by atoms with Crippen LogP contribution in [0, 0.1) is 0 Å². The van der Waals surface area contributed by atoms with Gasteiger partial charge in [0.1, 0.15) is 5.78 Å². The second-order valence-corrected chi connectivity index (χ2v) is 3.00. The molecule has 0 aliphatic heterocycles. The molecule has 66 valence electrons. The number of Topliss-reactive ketones (excluding diaryl/α,β-unsaturated/α-hetero) is 1. The minimum Gasteiger partial charge on any atom is -0.389 e. The van der Waals surface area contributed by atoms with E-state index in [4.69, 9.17) is 0 Å². The van der Waals surface area contributed by atoms with Crippen LogP contribution in [0.25, 0.3) is 0 Å². The normalized spacial score (nSPS) is 11.6. The molecule has 2 heteroatoms. The fraction of sp³-hybridized carbons (Fsp3) is 0.889. The first-order chi connectivity index (χ1) is 5.08. The average molecular weight is 158 g/mol. The van der Waals surface area contributed by atoms with Gasteiger partial charge in [0.25, 0.3) is 0 Å². The van der Waals surface area contributed by atoms with Gasteiger partial charge in [-0.25, -0.2) is 0 Å². The molecule has 0 aromatic rings. The Morgan fingerprint density at radius 2 is 1.73 bits per heavy atom. The Bertz CT molecular complexity index is 126. The SMILES string of the molecule is CCC(=O)CC(O)(CC)CC. The average Bonchev–Trinajstić information content (AvgIpc) is 2.04. The van der Waals surface area contributed by atoms with Crippen molar-refractivity contribution >= 4 is 5.78 Å². The highest BCUT2D eigenvalue weighted by molar-refractivity contribution is 5.79. The summed E-state index contributed by atoms with van der Waals surface area (Å²) < 4.78 is 0. The van der Waals surface area contributed by atoms with Crippen molar-refractivity contribution in [1.29, 1.82) is 0 Å². The third-order valence-corrected chi connectivity index (χ3v) is 2.24. The molecule has 0 saturated carbocycles. The molecule has 0 aromatic carbocycles. The van der Waals surface area contributed by atoms with Gasteiger partial charge in [0.15, 0.2) is 0 Å². The monoisotopic (exact) mass is 158 g/mol. The summed E-state index contributed by atoms with van der Waals surface area (Å²) in [7, 11) is 0. The molecule has 0 rings (SSSR count). The van der Waals surface area contributed by atoms with E-state index in [9.17, 15) is 9.90 Å². The smallest absolute Gasteiger partial charge is 0.135 e. The van der Waals surface area contributed by atoms with Gasteiger partial charge in [-0.3, -0.25) is 4.79 Å². The summed E-state index contributed by atoms with van der Waals surface area (Å²) in [4.78, 5) is 11.0. The molecule has 0 bridgehead atoms. The predicted molar refractivity (Wildman–Crippen MR) is 45.4 cm³/mol. The highest BCUT2D eigenvalue weighted by Gasteiger charge is 2.24. The summed E-state index contributed by atoms with van der Waals surface area (Å²) in [6, 6.07) is 0. The van der Waals surface area contributed by atoms with E-state index in [-0.39, 0.29) is 5.78 Å². The van der Waals surface area contributed by atoms with E-state index in [1.165, 1.54) is 0 Å². The van der Waals surface area contributed by atoms with Crippen LogP contribution in [0.3, 0.4) is 0 Å². The molecule has 0 aliphatic rings. The fourth-order valence-electron chi connectivity index (χ4n) is 0.992. The number of aliphatic hydroxyl groups is 1. The van der Waals surface area contributed by atoms with E-state index in [1.807, 2.05) is 20.8 Å². The molecular formula is C9H18O2. The van der Waals surface area contributed by atoms with Crippen LogP contribution in [0.2, 0.25) is 0 Å². The zero-order chi connectivity index (χ0) is 8.91. The molecule has 0 amide bonds. The molecule has 0 heterocycles. The zero-order valence-electron chi connectivity index (χ0n) is 7.68. The molecule has 0 atom stereocenters. The van der Waals surface area contributed by atoms with Crippen molar-refractivity contribution in [2.75, 3.05) is 0 Å². The maximum absolute atomic E-state index is 11.0. The summed E-state index contributed by atoms with van der Waals surface area (Å²) in [5.74, 6) is 0.149. The Balaban J connectivity index is 3.96. The maximum Gasteiger partial charge on any atom is 0.135 e. The Kier molecular flexibility index (Phi) is 4.34. The molecule has 0 aromatic heterocycles. The minimum atomic E-state index is -0.743. The van der Waals surface area contributed by atoms with Gasteiger partial charge in [-0.1, -0.05) is 20.8 Å². The Morgan fingerprint density at radius 3 is 2.00 bits per heavy atom. The second-order valence-electron chi connectivity index (χ2n) is 3.00. The van der Waals surface area contributed by atoms with Crippen molar-refractivity contribution in [3.05, 3.63) is 0 Å². The standard InChI is InChI=1S/C9H18O2/c1-4-8(10)7-9(11,5-2)6-3/h11H,4-7H2,1-3H3. The largest absolute Gasteiger partial charge is 0.389 e. The van der Waals surface area contributed by atoms with Gasteiger partial charge < -0.3 is 5.11 Å². The molecule has 0 unspecified atom stereocenters. The Hall–Kier alpha value is -0.370. The zero-order valence-corrected chi connectivity index (χ0v) is 7.68. The lowest BCUT2D eigenvalue weighted by molar-refractivity contribution is -0.124. The number of rotatable bonds is 5. The molecule has 0 radical (unpaired) electrons. The van der Waals surface area contributed by atoms with Gasteiger partial charge in [-0.15, -0.1) is 0 Å². The van der Waals surface area contributed by atoms with Gasteiger partial charge in [-0.2, -0.15) is 0 Å². The molecule has 0 aliphatic carbocycles. The predicted octanol–water partition coefficient (Wildman–Crippen LogP) is 1.91. The topological polar surface area (TPSA) is 37.3 Å². The second kappa shape index (κ2) is 4.50. The van der Waals surface area contributed by atoms with E-state index >= 15 is 0 Å². The van der Waals surface area contributed by atoms with Crippen LogP contribution in [-0.4, -0.2) is 16.5 Å². The van der Waals surface area contributed by atoms with Crippen LogP contribution in [0.5, 0.6) is 0 Å². The van der Waals surface area contributed by atoms with Crippen molar-refractivity contribution in [2.24, 2.45) is 0 Å². The number of ketones is 1. The molecule has 0 spiro atoms. The summed E-state index contributed by atoms with van der Waals surface area (Å²) in [6.07, 6.45) is 2.17. The maximum atomic E-state index is 11.0. The van der Waals surface area contributed by atoms with Crippen LogP contribution >= 0.6 is 0 Å². The first kappa shape index (κ1) is 10.6. The lowest BCUT2D eigenvalue weighted by Gasteiger charge is -2.23. The van der Waals surface area contributed by atoms with Crippen LogP contribution < -0.4 is 0 Å². The highest BCUT2D eigenvalue weighted by atomic mass is 16.3. The van der Waals surface area contributed by atoms with E-state index in [2.05, 4.69) is 0 Å². The fourth-order valence-corrected chi connectivity index (χ4v) is 0.992. The van der Waals surface area contributed by atoms with Crippen molar-refractivity contribution < 1.29 is 9.90 Å². The minimum absolute atomic E-state index is 0.149. The van der Waals surface area contributed by atoms with E-state index in [0.717, 1.165) is 0 Å². The van der Waals surface area contributed by atoms with Crippen LogP contribution in [0.1, 0.15) is 46.5 Å². The quantitative estimate of drug-likeness (QED) is 0.663. The lowest BCUT2D eigenvalue weighted by Crippen LogP contribution is -2.29. The van der Waals surface area contributed by atoms with Crippen LogP contribution in [-0.2, 0) is 4.79 Å². The number of hydrogen-bond acceptors (Lipinski definition) is 2. The lowest BCUT2D eigenvalue weighted by atomic mass is 9.91. The molecule has 2 nitrogen and oxygen atoms in total. The first-order valence-electron chi connectivity index (χ1n) is 4.32. The highest BCUT2D eigenvalue weighted by Crippen LogP contribution is 2.19. The van der Waals surface area contributed by atoms with Gasteiger partial charge in [0.05, 0.1) is 5.60 Å². The Labute approximate surface area is 68.6 Å². The summed E-state index contributed by atoms with van der Waals surface area (Å²) in [5, 5.41) is 9.71. The van der Waals surface area contributed by atoms with E-state index < -0.39 is 5.60 Å². The van der Waals surface area contributed by atoms with Crippen molar-refractivity contribution in [1.82, 2.24) is 0 Å². The van der Waals surface area contributed by atoms with Gasteiger partial charge in [0, 0.05) is 12.8 Å². The van der Waals surface area contributed by atoms with Gasteiger partial charge in [0.2, 0.25) is 0 Å². The number of carbonyl (C=O) groups excluding carboxylic acids is 1. The van der Waals surface area contributed by atoms with Crippen LogP contribution in [0.4, 0.5) is 0 Å². The molecule has 11 heavy (non-hydrogen) atoms. The summed E-state index contributed by atoms with van der Waals surface area (Å²) in [6.45, 7) is 5.65. The van der Waals surface area contributed by atoms with Crippen molar-refractivity contribution in [2.45, 2.75) is 52.1 Å². The first-order valence-corrected chi connectivity index (χ1v) is 4.32. The molecule has 0 fully saturated rings. The van der Waals surface area contributed by atoms with Gasteiger partial charge in [-0.05, 0) is 12.8 Å². The summed E-state index contributed by atoms with van der Waals surface area (Å²) >= 11 is 0. The molecule has 1 N–H and O–H groups in total. The molecular weight excluding hydrogens is 140 g/mol.